The highest BCUT2D eigenvalue weighted by molar-refractivity contribution is 9.10. The Morgan fingerprint density at radius 2 is 2.08 bits per heavy atom. The average molecular weight is 413 g/mol. The molecule has 0 aliphatic rings. The first-order chi connectivity index (χ1) is 11.7. The summed E-state index contributed by atoms with van der Waals surface area (Å²) in [5, 5.41) is 22.1. The fraction of sp³-hybridized carbons (Fsp3) is 0.533. The molecule has 1 unspecified atom stereocenters. The molecule has 0 aliphatic heterocycles. The van der Waals surface area contributed by atoms with Crippen molar-refractivity contribution >= 4 is 27.5 Å². The van der Waals surface area contributed by atoms with Crippen molar-refractivity contribution in [3.8, 4) is 0 Å². The zero-order valence-electron chi connectivity index (χ0n) is 14.6. The summed E-state index contributed by atoms with van der Waals surface area (Å²) in [5.41, 5.74) is 2.26. The molecule has 0 aromatic carbocycles. The Labute approximate surface area is 153 Å². The van der Waals surface area contributed by atoms with Crippen LogP contribution in [0.3, 0.4) is 0 Å². The zero-order chi connectivity index (χ0) is 18.7. The van der Waals surface area contributed by atoms with Crippen LogP contribution in [0.2, 0.25) is 0 Å². The van der Waals surface area contributed by atoms with Crippen LogP contribution in [-0.2, 0) is 11.3 Å². The number of rotatable bonds is 7. The van der Waals surface area contributed by atoms with E-state index in [1.165, 1.54) is 10.9 Å². The van der Waals surface area contributed by atoms with Crippen molar-refractivity contribution in [1.29, 1.82) is 0 Å². The van der Waals surface area contributed by atoms with E-state index in [1.54, 1.807) is 13.8 Å². The first-order valence-electron chi connectivity index (χ1n) is 7.89. The maximum Gasteiger partial charge on any atom is 0.309 e. The Bertz CT molecular complexity index is 798. The van der Waals surface area contributed by atoms with Gasteiger partial charge in [0.05, 0.1) is 15.1 Å². The van der Waals surface area contributed by atoms with E-state index in [4.69, 9.17) is 0 Å². The monoisotopic (exact) mass is 412 g/mol. The van der Waals surface area contributed by atoms with E-state index in [0.29, 0.717) is 18.8 Å². The Morgan fingerprint density at radius 3 is 2.60 bits per heavy atom. The normalized spacial score (nSPS) is 12.2. The molecule has 0 spiro atoms. The Hall–Kier alpha value is -2.23. The highest BCUT2D eigenvalue weighted by Crippen LogP contribution is 2.21. The van der Waals surface area contributed by atoms with E-state index in [2.05, 4.69) is 31.4 Å². The number of halogens is 1. The third-order valence-electron chi connectivity index (χ3n) is 4.10. The Morgan fingerprint density at radius 1 is 1.40 bits per heavy atom. The lowest BCUT2D eigenvalue weighted by atomic mass is 10.3. The summed E-state index contributed by atoms with van der Waals surface area (Å²) in [6.45, 7) is 8.34. The van der Waals surface area contributed by atoms with E-state index in [1.807, 2.05) is 18.5 Å². The SMILES string of the molecule is Cc1nn(CCCNC(=O)C(C)n2ncc([N+](=O)[O-])c2C)c(C)c1Br. The van der Waals surface area contributed by atoms with Crippen LogP contribution in [0.5, 0.6) is 0 Å². The maximum absolute atomic E-state index is 12.2. The minimum absolute atomic E-state index is 0.0882. The van der Waals surface area contributed by atoms with Gasteiger partial charge in [-0.15, -0.1) is 0 Å². The Kier molecular flexibility index (Phi) is 5.93. The highest BCUT2D eigenvalue weighted by atomic mass is 79.9. The van der Waals surface area contributed by atoms with Gasteiger partial charge in [0.25, 0.3) is 0 Å². The molecule has 2 aromatic rings. The van der Waals surface area contributed by atoms with Crippen LogP contribution in [0, 0.1) is 30.9 Å². The van der Waals surface area contributed by atoms with Crippen LogP contribution in [0.4, 0.5) is 5.69 Å². The number of nitro groups is 1. The molecular formula is C15H21BrN6O3. The molecule has 1 N–H and O–H groups in total. The topological polar surface area (TPSA) is 108 Å². The molecule has 1 amide bonds. The predicted molar refractivity (Wildman–Crippen MR) is 95.4 cm³/mol. The van der Waals surface area contributed by atoms with Crippen LogP contribution in [0.15, 0.2) is 10.7 Å². The summed E-state index contributed by atoms with van der Waals surface area (Å²) in [6.07, 6.45) is 1.89. The van der Waals surface area contributed by atoms with Gasteiger partial charge in [-0.2, -0.15) is 10.2 Å². The van der Waals surface area contributed by atoms with Crippen molar-refractivity contribution in [1.82, 2.24) is 24.9 Å². The number of nitrogens with zero attached hydrogens (tertiary/aromatic N) is 5. The third kappa shape index (κ3) is 4.06. The molecule has 1 atom stereocenters. The molecule has 2 rings (SSSR count). The first-order valence-corrected chi connectivity index (χ1v) is 8.69. The average Bonchev–Trinajstić information content (AvgIpc) is 3.06. The zero-order valence-corrected chi connectivity index (χ0v) is 16.2. The van der Waals surface area contributed by atoms with Crippen LogP contribution in [0.1, 0.15) is 36.5 Å². The summed E-state index contributed by atoms with van der Waals surface area (Å²) >= 11 is 3.49. The van der Waals surface area contributed by atoms with Gasteiger partial charge in [-0.25, -0.2) is 0 Å². The fourth-order valence-corrected chi connectivity index (χ4v) is 2.86. The number of amides is 1. The van der Waals surface area contributed by atoms with E-state index in [-0.39, 0.29) is 11.6 Å². The molecule has 0 bridgehead atoms. The smallest absolute Gasteiger partial charge is 0.309 e. The molecule has 0 aliphatic carbocycles. The van der Waals surface area contributed by atoms with Gasteiger partial charge in [-0.1, -0.05) is 0 Å². The van der Waals surface area contributed by atoms with Gasteiger partial charge in [0.2, 0.25) is 5.91 Å². The molecule has 2 heterocycles. The number of aromatic nitrogens is 4. The summed E-state index contributed by atoms with van der Waals surface area (Å²) in [6, 6.07) is -0.614. The van der Waals surface area contributed by atoms with Crippen LogP contribution in [-0.4, -0.2) is 36.9 Å². The lowest BCUT2D eigenvalue weighted by molar-refractivity contribution is -0.385. The van der Waals surface area contributed by atoms with Crippen molar-refractivity contribution in [2.45, 2.75) is 46.7 Å². The number of nitrogens with one attached hydrogen (secondary N) is 1. The largest absolute Gasteiger partial charge is 0.354 e. The van der Waals surface area contributed by atoms with Gasteiger partial charge >= 0.3 is 5.69 Å². The molecule has 136 valence electrons. The summed E-state index contributed by atoms with van der Waals surface area (Å²) in [7, 11) is 0. The number of hydrogen-bond donors (Lipinski definition) is 1. The lowest BCUT2D eigenvalue weighted by Crippen LogP contribution is -2.33. The van der Waals surface area contributed by atoms with Crippen molar-refractivity contribution in [2.24, 2.45) is 0 Å². The quantitative estimate of drug-likeness (QED) is 0.426. The first kappa shape index (κ1) is 19.1. The summed E-state index contributed by atoms with van der Waals surface area (Å²) in [4.78, 5) is 22.6. The molecule has 25 heavy (non-hydrogen) atoms. The van der Waals surface area contributed by atoms with Gasteiger partial charge < -0.3 is 5.32 Å². The molecule has 0 radical (unpaired) electrons. The lowest BCUT2D eigenvalue weighted by Gasteiger charge is -2.14. The minimum atomic E-state index is -0.614. The summed E-state index contributed by atoms with van der Waals surface area (Å²) in [5.74, 6) is -0.226. The molecule has 0 saturated carbocycles. The Balaban J connectivity index is 1.87. The molecule has 10 heteroatoms. The predicted octanol–water partition coefficient (Wildman–Crippen LogP) is 2.44. The minimum Gasteiger partial charge on any atom is -0.354 e. The van der Waals surface area contributed by atoms with Crippen LogP contribution >= 0.6 is 15.9 Å². The highest BCUT2D eigenvalue weighted by Gasteiger charge is 2.23. The second-order valence-corrected chi connectivity index (χ2v) is 6.64. The van der Waals surface area contributed by atoms with Crippen molar-refractivity contribution in [3.63, 3.8) is 0 Å². The van der Waals surface area contributed by atoms with Gasteiger partial charge in [0.1, 0.15) is 17.9 Å². The van der Waals surface area contributed by atoms with Gasteiger partial charge in [0, 0.05) is 18.8 Å². The number of carbonyl (C=O) groups excluding carboxylic acids is 1. The van der Waals surface area contributed by atoms with Crippen molar-refractivity contribution in [3.05, 3.63) is 37.9 Å². The van der Waals surface area contributed by atoms with Crippen molar-refractivity contribution < 1.29 is 9.72 Å². The van der Waals surface area contributed by atoms with Crippen LogP contribution in [0.25, 0.3) is 0 Å². The summed E-state index contributed by atoms with van der Waals surface area (Å²) < 4.78 is 4.27. The second-order valence-electron chi connectivity index (χ2n) is 5.85. The van der Waals surface area contributed by atoms with E-state index in [0.717, 1.165) is 22.3 Å². The number of aryl methyl sites for hydroxylation is 2. The van der Waals surface area contributed by atoms with E-state index in [9.17, 15) is 14.9 Å². The number of carbonyl (C=O) groups is 1. The van der Waals surface area contributed by atoms with Crippen molar-refractivity contribution in [2.75, 3.05) is 6.54 Å². The molecular weight excluding hydrogens is 392 g/mol. The standard InChI is InChI=1S/C15H21BrN6O3/c1-9-14(16)11(3)20(19-9)7-5-6-17-15(23)12(4)21-10(2)13(8-18-21)22(24)25/h8,12H,5-7H2,1-4H3,(H,17,23). The van der Waals surface area contributed by atoms with E-state index < -0.39 is 11.0 Å². The van der Waals surface area contributed by atoms with Gasteiger partial charge in [-0.3, -0.25) is 24.3 Å². The second kappa shape index (κ2) is 7.77. The maximum atomic E-state index is 12.2. The van der Waals surface area contributed by atoms with Gasteiger partial charge in [-0.05, 0) is 50.0 Å². The fourth-order valence-electron chi connectivity index (χ4n) is 2.58. The molecule has 2 aromatic heterocycles. The molecule has 0 fully saturated rings. The van der Waals surface area contributed by atoms with Crippen LogP contribution < -0.4 is 5.32 Å². The third-order valence-corrected chi connectivity index (χ3v) is 5.25. The van der Waals surface area contributed by atoms with E-state index >= 15 is 0 Å². The molecule has 9 nitrogen and oxygen atoms in total. The van der Waals surface area contributed by atoms with Gasteiger partial charge in [0.15, 0.2) is 0 Å². The number of hydrogen-bond acceptors (Lipinski definition) is 5. The molecule has 0 saturated heterocycles.